The number of para-hydroxylation sites is 1. The van der Waals surface area contributed by atoms with Crippen molar-refractivity contribution >= 4 is 23.7 Å². The summed E-state index contributed by atoms with van der Waals surface area (Å²) in [6.07, 6.45) is 1.66. The zero-order chi connectivity index (χ0) is 30.2. The number of anilines is 1. The second kappa shape index (κ2) is 13.9. The summed E-state index contributed by atoms with van der Waals surface area (Å²) < 4.78 is 37.9. The molecule has 2 aromatic rings. The molecule has 11 nitrogen and oxygen atoms in total. The van der Waals surface area contributed by atoms with Crippen LogP contribution in [0.15, 0.2) is 53.7 Å². The number of piperidine rings is 1. The Bertz CT molecular complexity index is 1400. The van der Waals surface area contributed by atoms with Gasteiger partial charge in [0.2, 0.25) is 0 Å². The molecule has 0 radical (unpaired) electrons. The third-order valence-electron chi connectivity index (χ3n) is 7.20. The molecule has 3 N–H and O–H groups in total. The van der Waals surface area contributed by atoms with Crippen molar-refractivity contribution in [2.75, 3.05) is 51.9 Å². The van der Waals surface area contributed by atoms with E-state index in [-0.39, 0.29) is 36.0 Å². The smallest absolute Gasteiger partial charge is 0.338 e. The number of hydrogen-bond acceptors (Lipinski definition) is 8. The van der Waals surface area contributed by atoms with Gasteiger partial charge in [-0.2, -0.15) is 5.26 Å². The molecule has 0 aliphatic carbocycles. The molecule has 2 aromatic carbocycles. The van der Waals surface area contributed by atoms with E-state index in [0.717, 1.165) is 55.8 Å². The highest BCUT2D eigenvalue weighted by molar-refractivity contribution is 6.01. The number of carbonyl (C=O) groups is 3. The van der Waals surface area contributed by atoms with Gasteiger partial charge in [0.15, 0.2) is 11.6 Å². The number of amides is 4. The molecule has 0 bridgehead atoms. The summed E-state index contributed by atoms with van der Waals surface area (Å²) in [6.45, 7) is 1.87. The van der Waals surface area contributed by atoms with E-state index in [0.29, 0.717) is 12.1 Å². The normalized spacial score (nSPS) is 17.5. The summed E-state index contributed by atoms with van der Waals surface area (Å²) in [4.78, 5) is 42.1. The van der Waals surface area contributed by atoms with Crippen LogP contribution in [-0.2, 0) is 14.3 Å². The fourth-order valence-electron chi connectivity index (χ4n) is 5.18. The molecule has 0 spiro atoms. The van der Waals surface area contributed by atoms with Gasteiger partial charge in [-0.3, -0.25) is 0 Å². The molecule has 2 heterocycles. The summed E-state index contributed by atoms with van der Waals surface area (Å²) in [5, 5.41) is 17.9. The molecule has 2 aliphatic rings. The summed E-state index contributed by atoms with van der Waals surface area (Å²) >= 11 is 0. The number of halogens is 2. The van der Waals surface area contributed by atoms with E-state index in [1.54, 1.807) is 6.07 Å². The Morgan fingerprint density at radius 2 is 1.83 bits per heavy atom. The maximum absolute atomic E-state index is 14.2. The standard InChI is InChI=1S/C29H32F2N6O5/c1-41-17-23-25(27(38)42-2)26(18-7-8-21(30)22(31)15-18)37(29(40)35-23)28(39)34-12-11-33-20-9-13-36(14-10-20)24-6-4-3-5-19(24)16-32/h3-8,15,20,26,33H,9-14,17H2,1-2H3,(H,34,39)(H,35,40)/t26-/m0/s1. The first-order chi connectivity index (χ1) is 20.3. The van der Waals surface area contributed by atoms with Crippen LogP contribution in [-0.4, -0.2) is 76.0 Å². The van der Waals surface area contributed by atoms with Gasteiger partial charge in [-0.15, -0.1) is 0 Å². The van der Waals surface area contributed by atoms with E-state index in [1.807, 2.05) is 18.2 Å². The van der Waals surface area contributed by atoms with E-state index in [1.165, 1.54) is 13.2 Å². The third kappa shape index (κ3) is 6.67. The predicted octanol–water partition coefficient (Wildman–Crippen LogP) is 2.94. The molecule has 13 heteroatoms. The highest BCUT2D eigenvalue weighted by atomic mass is 19.2. The van der Waals surface area contributed by atoms with Crippen molar-refractivity contribution < 1.29 is 32.6 Å². The minimum absolute atomic E-state index is 0.00393. The van der Waals surface area contributed by atoms with Gasteiger partial charge in [-0.1, -0.05) is 18.2 Å². The van der Waals surface area contributed by atoms with Crippen molar-refractivity contribution in [3.05, 3.63) is 76.5 Å². The molecular formula is C29H32F2N6O5. The van der Waals surface area contributed by atoms with Gasteiger partial charge in [0.05, 0.1) is 36.2 Å². The van der Waals surface area contributed by atoms with Crippen LogP contribution in [0.25, 0.3) is 0 Å². The lowest BCUT2D eigenvalue weighted by Gasteiger charge is -2.37. The number of nitriles is 1. The molecule has 4 amide bonds. The number of ether oxygens (including phenoxy) is 2. The number of nitrogens with one attached hydrogen (secondary N) is 3. The fraction of sp³-hybridized carbons (Fsp3) is 0.379. The minimum atomic E-state index is -1.40. The Morgan fingerprint density at radius 3 is 2.50 bits per heavy atom. The molecule has 0 saturated carbocycles. The summed E-state index contributed by atoms with van der Waals surface area (Å²) in [5.74, 6) is -3.20. The molecule has 1 atom stereocenters. The quantitative estimate of drug-likeness (QED) is 0.303. The van der Waals surface area contributed by atoms with Gasteiger partial charge in [0.1, 0.15) is 12.1 Å². The maximum Gasteiger partial charge on any atom is 0.338 e. The largest absolute Gasteiger partial charge is 0.466 e. The second-order valence-electron chi connectivity index (χ2n) is 9.77. The van der Waals surface area contributed by atoms with Crippen LogP contribution in [0.2, 0.25) is 0 Å². The van der Waals surface area contributed by atoms with E-state index >= 15 is 0 Å². The molecule has 2 aliphatic heterocycles. The average molecular weight is 583 g/mol. The Hall–Kier alpha value is -4.54. The number of esters is 1. The van der Waals surface area contributed by atoms with Crippen LogP contribution in [0.5, 0.6) is 0 Å². The first-order valence-electron chi connectivity index (χ1n) is 13.4. The average Bonchev–Trinajstić information content (AvgIpc) is 3.00. The Kier molecular flexibility index (Phi) is 10.1. The number of benzene rings is 2. The topological polar surface area (TPSA) is 136 Å². The van der Waals surface area contributed by atoms with Crippen LogP contribution in [0.4, 0.5) is 24.1 Å². The van der Waals surface area contributed by atoms with Crippen molar-refractivity contribution in [1.29, 1.82) is 5.26 Å². The van der Waals surface area contributed by atoms with Crippen LogP contribution in [0.1, 0.15) is 30.0 Å². The minimum Gasteiger partial charge on any atom is -0.466 e. The third-order valence-corrected chi connectivity index (χ3v) is 7.20. The summed E-state index contributed by atoms with van der Waals surface area (Å²) in [5.41, 5.74) is 1.43. The van der Waals surface area contributed by atoms with Gasteiger partial charge < -0.3 is 30.3 Å². The van der Waals surface area contributed by atoms with E-state index < -0.39 is 35.7 Å². The van der Waals surface area contributed by atoms with Crippen molar-refractivity contribution in [2.45, 2.75) is 24.9 Å². The molecule has 0 unspecified atom stereocenters. The number of hydrogen-bond donors (Lipinski definition) is 3. The fourth-order valence-corrected chi connectivity index (χ4v) is 5.18. The molecular weight excluding hydrogens is 550 g/mol. The number of rotatable bonds is 9. The van der Waals surface area contributed by atoms with Gasteiger partial charge in [0.25, 0.3) is 0 Å². The Balaban J connectivity index is 1.41. The van der Waals surface area contributed by atoms with Gasteiger partial charge in [-0.25, -0.2) is 28.1 Å². The van der Waals surface area contributed by atoms with Crippen molar-refractivity contribution in [1.82, 2.24) is 20.9 Å². The maximum atomic E-state index is 14.2. The van der Waals surface area contributed by atoms with Crippen molar-refractivity contribution in [3.8, 4) is 6.07 Å². The van der Waals surface area contributed by atoms with Crippen LogP contribution >= 0.6 is 0 Å². The lowest BCUT2D eigenvalue weighted by atomic mass is 9.93. The molecule has 1 saturated heterocycles. The van der Waals surface area contributed by atoms with E-state index in [9.17, 15) is 28.4 Å². The molecule has 1 fully saturated rings. The number of carbonyl (C=O) groups excluding carboxylic acids is 3. The first-order valence-corrected chi connectivity index (χ1v) is 13.4. The lowest BCUT2D eigenvalue weighted by molar-refractivity contribution is -0.137. The number of urea groups is 2. The summed E-state index contributed by atoms with van der Waals surface area (Å²) in [7, 11) is 2.48. The van der Waals surface area contributed by atoms with E-state index in [2.05, 4.69) is 26.9 Å². The zero-order valence-corrected chi connectivity index (χ0v) is 23.3. The van der Waals surface area contributed by atoms with Gasteiger partial charge in [0, 0.05) is 39.3 Å². The van der Waals surface area contributed by atoms with Gasteiger partial charge >= 0.3 is 18.0 Å². The Labute approximate surface area is 242 Å². The van der Waals surface area contributed by atoms with Crippen molar-refractivity contribution in [3.63, 3.8) is 0 Å². The lowest BCUT2D eigenvalue weighted by Crippen LogP contribution is -2.56. The number of imide groups is 1. The highest BCUT2D eigenvalue weighted by Gasteiger charge is 2.43. The predicted molar refractivity (Wildman–Crippen MR) is 148 cm³/mol. The second-order valence-corrected chi connectivity index (χ2v) is 9.77. The van der Waals surface area contributed by atoms with Crippen LogP contribution in [0, 0.1) is 23.0 Å². The van der Waals surface area contributed by atoms with E-state index in [4.69, 9.17) is 9.47 Å². The van der Waals surface area contributed by atoms with Crippen LogP contribution in [0.3, 0.4) is 0 Å². The first kappa shape index (κ1) is 30.4. The SMILES string of the molecule is COCC1=C(C(=O)OC)[C@H](c2ccc(F)c(F)c2)N(C(=O)NCCNC2CCN(c3ccccc3C#N)CC2)C(=O)N1. The Morgan fingerprint density at radius 1 is 1.10 bits per heavy atom. The monoisotopic (exact) mass is 582 g/mol. The van der Waals surface area contributed by atoms with Crippen LogP contribution < -0.4 is 20.9 Å². The molecule has 4 rings (SSSR count). The highest BCUT2D eigenvalue weighted by Crippen LogP contribution is 2.35. The molecule has 42 heavy (non-hydrogen) atoms. The van der Waals surface area contributed by atoms with Gasteiger partial charge in [-0.05, 0) is 42.7 Å². The molecule has 222 valence electrons. The zero-order valence-electron chi connectivity index (χ0n) is 23.3. The number of nitrogens with zero attached hydrogens (tertiary/aromatic N) is 3. The summed E-state index contributed by atoms with van der Waals surface area (Å²) in [6, 6.07) is 9.64. The molecule has 0 aromatic heterocycles. The number of methoxy groups -OCH3 is 2. The van der Waals surface area contributed by atoms with Crippen molar-refractivity contribution in [2.24, 2.45) is 0 Å².